The Morgan fingerprint density at radius 3 is 2.44 bits per heavy atom. The third-order valence-electron chi connectivity index (χ3n) is 7.73. The second-order valence-corrected chi connectivity index (χ2v) is 11.2. The number of nitrogens with zero attached hydrogens (tertiary/aromatic N) is 1. The molecule has 2 aliphatic rings. The van der Waals surface area contributed by atoms with E-state index in [0.29, 0.717) is 35.2 Å². The molecule has 34 heavy (non-hydrogen) atoms. The van der Waals surface area contributed by atoms with Crippen LogP contribution in [0.2, 0.25) is 10.0 Å². The lowest BCUT2D eigenvalue weighted by Gasteiger charge is -2.52. The van der Waals surface area contributed by atoms with Gasteiger partial charge < -0.3 is 10.0 Å². The van der Waals surface area contributed by atoms with Crippen molar-refractivity contribution in [3.8, 4) is 0 Å². The number of benzene rings is 2. The standard InChI is InChI=1S/C29H35Cl2NO2/c1-4-15-29(3)18-25(21-7-6-8-23(31)16-21)27(20-11-13-22(30)14-12-20)32(28(29)34)24(5-2)17-26(33)19-9-10-19/h4,6-8,11-14,16,19,24-27,33H,1,5,9-10,15,17-18H2,2-3H3/t24-,25+,26?,27?,29-/m0/s1. The zero-order valence-electron chi connectivity index (χ0n) is 20.1. The van der Waals surface area contributed by atoms with Gasteiger partial charge in [-0.1, -0.05) is 67.4 Å². The molecule has 2 aromatic rings. The second kappa shape index (κ2) is 10.4. The van der Waals surface area contributed by atoms with Crippen LogP contribution in [0.5, 0.6) is 0 Å². The van der Waals surface area contributed by atoms with E-state index in [1.54, 1.807) is 0 Å². The van der Waals surface area contributed by atoms with Crippen molar-refractivity contribution in [2.75, 3.05) is 0 Å². The van der Waals surface area contributed by atoms with E-state index in [1.165, 1.54) is 0 Å². The summed E-state index contributed by atoms with van der Waals surface area (Å²) in [6.45, 7) is 8.13. The summed E-state index contributed by atoms with van der Waals surface area (Å²) in [6, 6.07) is 15.6. The first-order chi connectivity index (χ1) is 16.3. The van der Waals surface area contributed by atoms with E-state index < -0.39 is 5.41 Å². The Kier molecular flexibility index (Phi) is 7.76. The highest BCUT2D eigenvalue weighted by Gasteiger charge is 2.51. The quantitative estimate of drug-likeness (QED) is 0.361. The van der Waals surface area contributed by atoms with E-state index in [1.807, 2.05) is 48.5 Å². The summed E-state index contributed by atoms with van der Waals surface area (Å²) in [5.74, 6) is 0.557. The summed E-state index contributed by atoms with van der Waals surface area (Å²) in [7, 11) is 0. The number of halogens is 2. The summed E-state index contributed by atoms with van der Waals surface area (Å²) >= 11 is 12.7. The van der Waals surface area contributed by atoms with Crippen molar-refractivity contribution in [2.24, 2.45) is 11.3 Å². The predicted molar refractivity (Wildman–Crippen MR) is 140 cm³/mol. The van der Waals surface area contributed by atoms with Crippen LogP contribution in [0.3, 0.4) is 0 Å². The van der Waals surface area contributed by atoms with Gasteiger partial charge in [-0.2, -0.15) is 0 Å². The minimum Gasteiger partial charge on any atom is -0.393 e. The van der Waals surface area contributed by atoms with E-state index >= 15 is 0 Å². The van der Waals surface area contributed by atoms with Gasteiger partial charge in [-0.15, -0.1) is 6.58 Å². The molecule has 0 aromatic heterocycles. The maximum Gasteiger partial charge on any atom is 0.229 e. The summed E-state index contributed by atoms with van der Waals surface area (Å²) in [4.78, 5) is 16.3. The molecular weight excluding hydrogens is 465 g/mol. The van der Waals surface area contributed by atoms with Crippen molar-refractivity contribution in [1.82, 2.24) is 4.90 Å². The van der Waals surface area contributed by atoms with Crippen LogP contribution in [0.15, 0.2) is 61.2 Å². The van der Waals surface area contributed by atoms with Gasteiger partial charge in [0.15, 0.2) is 0 Å². The topological polar surface area (TPSA) is 40.5 Å². The smallest absolute Gasteiger partial charge is 0.229 e. The first kappa shape index (κ1) is 25.3. The van der Waals surface area contributed by atoms with Crippen molar-refractivity contribution in [3.63, 3.8) is 0 Å². The van der Waals surface area contributed by atoms with E-state index in [9.17, 15) is 9.90 Å². The molecule has 2 fully saturated rings. The number of hydrogen-bond acceptors (Lipinski definition) is 2. The Hall–Kier alpha value is -1.81. The van der Waals surface area contributed by atoms with Crippen LogP contribution in [0, 0.1) is 11.3 Å². The van der Waals surface area contributed by atoms with Gasteiger partial charge in [0.1, 0.15) is 0 Å². The molecule has 1 saturated carbocycles. The van der Waals surface area contributed by atoms with Gasteiger partial charge in [0.05, 0.1) is 17.6 Å². The number of rotatable bonds is 9. The van der Waals surface area contributed by atoms with Gasteiger partial charge in [-0.25, -0.2) is 0 Å². The fourth-order valence-corrected chi connectivity index (χ4v) is 6.04. The number of carbonyl (C=O) groups excluding carboxylic acids is 1. The number of hydrogen-bond donors (Lipinski definition) is 1. The van der Waals surface area contributed by atoms with Crippen molar-refractivity contribution < 1.29 is 9.90 Å². The van der Waals surface area contributed by atoms with E-state index in [2.05, 4.69) is 31.4 Å². The number of likely N-dealkylation sites (tertiary alicyclic amines) is 1. The molecular formula is C29H35Cl2NO2. The van der Waals surface area contributed by atoms with Crippen LogP contribution >= 0.6 is 23.2 Å². The van der Waals surface area contributed by atoms with Crippen LogP contribution < -0.4 is 0 Å². The normalized spacial score (nSPS) is 26.9. The molecule has 2 unspecified atom stereocenters. The van der Waals surface area contributed by atoms with Crippen molar-refractivity contribution >= 4 is 29.1 Å². The molecule has 1 aliphatic heterocycles. The number of allylic oxidation sites excluding steroid dienone is 1. The van der Waals surface area contributed by atoms with E-state index in [4.69, 9.17) is 23.2 Å². The Morgan fingerprint density at radius 1 is 1.15 bits per heavy atom. The Bertz CT molecular complexity index is 1020. The second-order valence-electron chi connectivity index (χ2n) is 10.3. The lowest BCUT2D eigenvalue weighted by molar-refractivity contribution is -0.155. The van der Waals surface area contributed by atoms with Gasteiger partial charge in [0, 0.05) is 22.0 Å². The Morgan fingerprint density at radius 2 is 1.85 bits per heavy atom. The molecule has 1 heterocycles. The highest BCUT2D eigenvalue weighted by molar-refractivity contribution is 6.30. The fraction of sp³-hybridized carbons (Fsp3) is 0.483. The van der Waals surface area contributed by atoms with Crippen molar-refractivity contribution in [2.45, 2.75) is 76.5 Å². The molecule has 1 saturated heterocycles. The van der Waals surface area contributed by atoms with Crippen molar-refractivity contribution in [3.05, 3.63) is 82.4 Å². The average molecular weight is 501 g/mol. The molecule has 1 aliphatic carbocycles. The Balaban J connectivity index is 1.85. The summed E-state index contributed by atoms with van der Waals surface area (Å²) in [5.41, 5.74) is 1.61. The maximum atomic E-state index is 14.2. The van der Waals surface area contributed by atoms with Gasteiger partial charge >= 0.3 is 0 Å². The highest BCUT2D eigenvalue weighted by atomic mass is 35.5. The molecule has 0 bridgehead atoms. The fourth-order valence-electron chi connectivity index (χ4n) is 5.72. The molecule has 5 heteroatoms. The molecule has 2 aromatic carbocycles. The highest BCUT2D eigenvalue weighted by Crippen LogP contribution is 2.53. The van der Waals surface area contributed by atoms with Gasteiger partial charge in [-0.3, -0.25) is 4.79 Å². The van der Waals surface area contributed by atoms with Crippen molar-refractivity contribution in [1.29, 1.82) is 0 Å². The minimum absolute atomic E-state index is 0.0506. The van der Waals surface area contributed by atoms with Crippen LogP contribution in [-0.4, -0.2) is 28.1 Å². The predicted octanol–water partition coefficient (Wildman–Crippen LogP) is 7.57. The van der Waals surface area contributed by atoms with Gasteiger partial charge in [0.2, 0.25) is 5.91 Å². The van der Waals surface area contributed by atoms with Gasteiger partial charge in [-0.05, 0) is 79.8 Å². The third kappa shape index (κ3) is 5.22. The first-order valence-corrected chi connectivity index (χ1v) is 13.2. The van der Waals surface area contributed by atoms with Gasteiger partial charge in [0.25, 0.3) is 0 Å². The molecule has 5 atom stereocenters. The van der Waals surface area contributed by atoms with E-state index in [0.717, 1.165) is 30.4 Å². The molecule has 3 nitrogen and oxygen atoms in total. The first-order valence-electron chi connectivity index (χ1n) is 12.4. The zero-order chi connectivity index (χ0) is 24.5. The number of piperidine rings is 1. The molecule has 0 radical (unpaired) electrons. The summed E-state index contributed by atoms with van der Waals surface area (Å²) < 4.78 is 0. The lowest BCUT2D eigenvalue weighted by atomic mass is 9.67. The largest absolute Gasteiger partial charge is 0.393 e. The van der Waals surface area contributed by atoms with Crippen LogP contribution in [0.1, 0.15) is 75.5 Å². The number of amides is 1. The molecule has 1 amide bonds. The summed E-state index contributed by atoms with van der Waals surface area (Å²) in [5, 5.41) is 12.2. The van der Waals surface area contributed by atoms with Crippen LogP contribution in [-0.2, 0) is 4.79 Å². The number of aliphatic hydroxyl groups is 1. The van der Waals surface area contributed by atoms with Crippen LogP contribution in [0.4, 0.5) is 0 Å². The number of aliphatic hydroxyl groups excluding tert-OH is 1. The molecule has 4 rings (SSSR count). The molecule has 182 valence electrons. The van der Waals surface area contributed by atoms with Crippen LogP contribution in [0.25, 0.3) is 0 Å². The molecule has 1 N–H and O–H groups in total. The molecule has 0 spiro atoms. The Labute approximate surface area is 213 Å². The third-order valence-corrected chi connectivity index (χ3v) is 8.22. The monoisotopic (exact) mass is 499 g/mol. The van der Waals surface area contributed by atoms with E-state index in [-0.39, 0.29) is 30.0 Å². The minimum atomic E-state index is -0.574. The average Bonchev–Trinajstić information content (AvgIpc) is 3.66. The number of carbonyl (C=O) groups is 1. The SMILES string of the molecule is C=CC[C@@]1(C)C[C@H](c2cccc(Cl)c2)C(c2ccc(Cl)cc2)N([C@@H](CC)CC(O)C2CC2)C1=O. The maximum absolute atomic E-state index is 14.2. The zero-order valence-corrected chi connectivity index (χ0v) is 21.6. The lowest BCUT2D eigenvalue weighted by Crippen LogP contribution is -2.56. The summed E-state index contributed by atoms with van der Waals surface area (Å²) in [6.07, 6.45) is 6.32.